The Morgan fingerprint density at radius 1 is 1.04 bits per heavy atom. The van der Waals surface area contributed by atoms with Gasteiger partial charge in [0.05, 0.1) is 0 Å². The molecule has 5 heteroatoms. The van der Waals surface area contributed by atoms with Crippen molar-refractivity contribution in [2.45, 2.75) is 6.92 Å². The van der Waals surface area contributed by atoms with Crippen molar-refractivity contribution < 1.29 is 23.5 Å². The minimum Gasteiger partial charge on any atom is -0.423 e. The highest BCUT2D eigenvalue weighted by molar-refractivity contribution is 5.88. The summed E-state index contributed by atoms with van der Waals surface area (Å²) in [6, 6.07) is 10.4. The van der Waals surface area contributed by atoms with Crippen LogP contribution in [0.5, 0.6) is 11.5 Å². The van der Waals surface area contributed by atoms with Crippen molar-refractivity contribution in [2.75, 3.05) is 0 Å². The Balaban J connectivity index is 2.19. The predicted octanol–water partition coefficient (Wildman–Crippen LogP) is 4.07. The van der Waals surface area contributed by atoms with Crippen molar-refractivity contribution in [2.24, 2.45) is 0 Å². The minimum atomic E-state index is -0.661. The molecule has 0 radical (unpaired) electrons. The first-order chi connectivity index (χ1) is 11.4. The average Bonchev–Trinajstić information content (AvgIpc) is 2.55. The zero-order valence-corrected chi connectivity index (χ0v) is 13.0. The standard InChI is InChI=1S/C19H15FO4/c1-4-18(21)23-15-9-10-16(17(20)11-15)13-5-7-14(8-6-13)24-19(22)12(2)3/h4-11H,1-2H2,3H3. The first-order valence-electron chi connectivity index (χ1n) is 7.02. The van der Waals surface area contributed by atoms with Crippen LogP contribution in [0.4, 0.5) is 4.39 Å². The second-order valence-electron chi connectivity index (χ2n) is 4.96. The fourth-order valence-corrected chi connectivity index (χ4v) is 1.85. The molecule has 4 nitrogen and oxygen atoms in total. The molecule has 0 amide bonds. The quantitative estimate of drug-likeness (QED) is 0.472. The van der Waals surface area contributed by atoms with E-state index in [0.29, 0.717) is 16.9 Å². The third-order valence-electron chi connectivity index (χ3n) is 3.05. The molecular formula is C19H15FO4. The molecule has 0 aromatic heterocycles. The number of benzene rings is 2. The summed E-state index contributed by atoms with van der Waals surface area (Å²) in [7, 11) is 0. The van der Waals surface area contributed by atoms with E-state index in [1.807, 2.05) is 0 Å². The highest BCUT2D eigenvalue weighted by Gasteiger charge is 2.10. The van der Waals surface area contributed by atoms with Gasteiger partial charge in [0.2, 0.25) is 0 Å². The largest absolute Gasteiger partial charge is 0.423 e. The maximum atomic E-state index is 14.2. The lowest BCUT2D eigenvalue weighted by atomic mass is 10.0. The number of hydrogen-bond donors (Lipinski definition) is 0. The van der Waals surface area contributed by atoms with Crippen LogP contribution in [0.2, 0.25) is 0 Å². The third-order valence-corrected chi connectivity index (χ3v) is 3.05. The van der Waals surface area contributed by atoms with Gasteiger partial charge in [-0.25, -0.2) is 14.0 Å². The van der Waals surface area contributed by atoms with E-state index in [0.717, 1.165) is 12.1 Å². The summed E-state index contributed by atoms with van der Waals surface area (Å²) < 4.78 is 24.1. The molecule has 24 heavy (non-hydrogen) atoms. The smallest absolute Gasteiger partial charge is 0.338 e. The molecule has 0 saturated heterocycles. The molecular weight excluding hydrogens is 311 g/mol. The van der Waals surface area contributed by atoms with Gasteiger partial charge in [-0.3, -0.25) is 0 Å². The van der Waals surface area contributed by atoms with Gasteiger partial charge >= 0.3 is 11.9 Å². The molecule has 2 aromatic rings. The molecule has 0 aliphatic rings. The van der Waals surface area contributed by atoms with E-state index < -0.39 is 17.8 Å². The predicted molar refractivity (Wildman–Crippen MR) is 88.1 cm³/mol. The van der Waals surface area contributed by atoms with Crippen LogP contribution in [0.3, 0.4) is 0 Å². The second kappa shape index (κ2) is 7.37. The number of halogens is 1. The zero-order valence-electron chi connectivity index (χ0n) is 13.0. The van der Waals surface area contributed by atoms with E-state index in [9.17, 15) is 14.0 Å². The van der Waals surface area contributed by atoms with Crippen molar-refractivity contribution in [1.29, 1.82) is 0 Å². The average molecular weight is 326 g/mol. The Morgan fingerprint density at radius 3 is 2.21 bits per heavy atom. The van der Waals surface area contributed by atoms with E-state index in [-0.39, 0.29) is 11.3 Å². The van der Waals surface area contributed by atoms with Gasteiger partial charge in [0.1, 0.15) is 17.3 Å². The lowest BCUT2D eigenvalue weighted by molar-refractivity contribution is -0.130. The summed E-state index contributed by atoms with van der Waals surface area (Å²) in [4.78, 5) is 22.6. The van der Waals surface area contributed by atoms with Crippen molar-refractivity contribution in [3.05, 3.63) is 73.1 Å². The van der Waals surface area contributed by atoms with E-state index in [2.05, 4.69) is 13.2 Å². The molecule has 0 aliphatic carbocycles. The maximum absolute atomic E-state index is 14.2. The van der Waals surface area contributed by atoms with Crippen molar-refractivity contribution in [3.63, 3.8) is 0 Å². The van der Waals surface area contributed by atoms with Crippen LogP contribution in [0.25, 0.3) is 11.1 Å². The Morgan fingerprint density at radius 2 is 1.67 bits per heavy atom. The van der Waals surface area contributed by atoms with Gasteiger partial charge in [0.15, 0.2) is 0 Å². The molecule has 0 N–H and O–H groups in total. The summed E-state index contributed by atoms with van der Waals surface area (Å²) in [5.74, 6) is -1.30. The first-order valence-corrected chi connectivity index (χ1v) is 7.02. The second-order valence-corrected chi connectivity index (χ2v) is 4.96. The molecule has 0 saturated carbocycles. The highest BCUT2D eigenvalue weighted by atomic mass is 19.1. The molecule has 0 unspecified atom stereocenters. The molecule has 0 fully saturated rings. The number of esters is 2. The van der Waals surface area contributed by atoms with Gasteiger partial charge in [-0.15, -0.1) is 0 Å². The highest BCUT2D eigenvalue weighted by Crippen LogP contribution is 2.28. The lowest BCUT2D eigenvalue weighted by Crippen LogP contribution is -2.07. The van der Waals surface area contributed by atoms with Gasteiger partial charge < -0.3 is 9.47 Å². The Kier molecular flexibility index (Phi) is 5.27. The van der Waals surface area contributed by atoms with Gasteiger partial charge in [-0.05, 0) is 36.8 Å². The minimum absolute atomic E-state index is 0.0909. The number of rotatable bonds is 5. The molecule has 2 aromatic carbocycles. The van der Waals surface area contributed by atoms with Crippen molar-refractivity contribution >= 4 is 11.9 Å². The molecule has 0 atom stereocenters. The van der Waals surface area contributed by atoms with Crippen LogP contribution < -0.4 is 9.47 Å². The molecule has 0 bridgehead atoms. The molecule has 2 rings (SSSR count). The van der Waals surface area contributed by atoms with Crippen LogP contribution in [0.1, 0.15) is 6.92 Å². The topological polar surface area (TPSA) is 52.6 Å². The van der Waals surface area contributed by atoms with E-state index in [1.54, 1.807) is 31.2 Å². The van der Waals surface area contributed by atoms with E-state index in [1.165, 1.54) is 12.1 Å². The number of carbonyl (C=O) groups is 2. The van der Waals surface area contributed by atoms with Crippen LogP contribution in [0.15, 0.2) is 67.3 Å². The molecule has 122 valence electrons. The first kappa shape index (κ1) is 17.1. The summed E-state index contributed by atoms with van der Waals surface area (Å²) in [5, 5.41) is 0. The van der Waals surface area contributed by atoms with Gasteiger partial charge in [0.25, 0.3) is 0 Å². The van der Waals surface area contributed by atoms with Gasteiger partial charge in [0, 0.05) is 23.3 Å². The van der Waals surface area contributed by atoms with Crippen molar-refractivity contribution in [1.82, 2.24) is 0 Å². The number of carbonyl (C=O) groups excluding carboxylic acids is 2. The Bertz CT molecular complexity index is 807. The van der Waals surface area contributed by atoms with Gasteiger partial charge in [-0.1, -0.05) is 25.3 Å². The SMILES string of the molecule is C=CC(=O)Oc1ccc(-c2ccc(OC(=O)C(=C)C)cc2)c(F)c1. The van der Waals surface area contributed by atoms with E-state index >= 15 is 0 Å². The zero-order chi connectivity index (χ0) is 17.7. The fraction of sp³-hybridized carbons (Fsp3) is 0.0526. The fourth-order valence-electron chi connectivity index (χ4n) is 1.85. The molecule has 0 spiro atoms. The van der Waals surface area contributed by atoms with Crippen LogP contribution in [-0.2, 0) is 9.59 Å². The van der Waals surface area contributed by atoms with Crippen molar-refractivity contribution in [3.8, 4) is 22.6 Å². The summed E-state index contributed by atoms with van der Waals surface area (Å²) >= 11 is 0. The normalized spacial score (nSPS) is 9.92. The van der Waals surface area contributed by atoms with E-state index in [4.69, 9.17) is 9.47 Å². The lowest BCUT2D eigenvalue weighted by Gasteiger charge is -2.08. The van der Waals surface area contributed by atoms with Crippen LogP contribution in [0, 0.1) is 5.82 Å². The summed E-state index contributed by atoms with van der Waals surface area (Å²) in [5.41, 5.74) is 1.20. The van der Waals surface area contributed by atoms with Crippen LogP contribution in [-0.4, -0.2) is 11.9 Å². The Labute approximate surface area is 138 Å². The molecule has 0 heterocycles. The summed E-state index contributed by atoms with van der Waals surface area (Å²) in [6.45, 7) is 8.32. The third kappa shape index (κ3) is 4.16. The van der Waals surface area contributed by atoms with Crippen LogP contribution >= 0.6 is 0 Å². The van der Waals surface area contributed by atoms with Gasteiger partial charge in [-0.2, -0.15) is 0 Å². The Hall–Kier alpha value is -3.21. The maximum Gasteiger partial charge on any atom is 0.338 e. The molecule has 0 aliphatic heterocycles. The summed E-state index contributed by atoms with van der Waals surface area (Å²) in [6.07, 6.45) is 0.997. The number of ether oxygens (including phenoxy) is 2. The number of hydrogen-bond acceptors (Lipinski definition) is 4. The monoisotopic (exact) mass is 326 g/mol.